The van der Waals surface area contributed by atoms with E-state index in [9.17, 15) is 14.4 Å². The van der Waals surface area contributed by atoms with E-state index in [1.165, 1.54) is 0 Å². The Morgan fingerprint density at radius 1 is 1.09 bits per heavy atom. The molecule has 0 bridgehead atoms. The summed E-state index contributed by atoms with van der Waals surface area (Å²) in [7, 11) is 0. The molecule has 1 saturated heterocycles. The predicted octanol–water partition coefficient (Wildman–Crippen LogP) is 4.01. The molecular weight excluding hydrogens is 448 g/mol. The highest BCUT2D eigenvalue weighted by atomic mass is 35.5. The molecule has 1 fully saturated rings. The van der Waals surface area contributed by atoms with Crippen LogP contribution < -0.4 is 5.32 Å². The lowest BCUT2D eigenvalue weighted by Crippen LogP contribution is -2.41. The molecule has 2 N–H and O–H groups in total. The van der Waals surface area contributed by atoms with Crippen molar-refractivity contribution in [3.05, 3.63) is 35.9 Å². The van der Waals surface area contributed by atoms with E-state index >= 15 is 0 Å². The second-order valence-corrected chi connectivity index (χ2v) is 8.38. The summed E-state index contributed by atoms with van der Waals surface area (Å²) in [6.45, 7) is 5.61. The molecule has 8 nitrogen and oxygen atoms in total. The van der Waals surface area contributed by atoms with Crippen molar-refractivity contribution in [2.45, 2.75) is 71.1 Å². The first-order chi connectivity index (χ1) is 15.4. The van der Waals surface area contributed by atoms with Gasteiger partial charge in [-0.3, -0.25) is 9.59 Å². The van der Waals surface area contributed by atoms with Gasteiger partial charge < -0.3 is 24.8 Å². The SMILES string of the molecule is CC(OC(=O)CCCCCN[C@@H](C)C(=O)O)C1CCN(C(=O)OCc2ccccc2)CC1.Cl. The van der Waals surface area contributed by atoms with Gasteiger partial charge in [0.25, 0.3) is 0 Å². The average molecular weight is 485 g/mol. The van der Waals surface area contributed by atoms with E-state index < -0.39 is 12.0 Å². The van der Waals surface area contributed by atoms with Gasteiger partial charge in [-0.1, -0.05) is 36.8 Å². The number of likely N-dealkylation sites (tertiary alicyclic amines) is 1. The second-order valence-electron chi connectivity index (χ2n) is 8.38. The molecule has 1 aromatic rings. The number of amides is 1. The molecule has 186 valence electrons. The number of hydrogen-bond acceptors (Lipinski definition) is 6. The molecule has 1 aromatic carbocycles. The van der Waals surface area contributed by atoms with Crippen LogP contribution >= 0.6 is 12.4 Å². The van der Waals surface area contributed by atoms with Crippen molar-refractivity contribution in [2.24, 2.45) is 5.92 Å². The minimum Gasteiger partial charge on any atom is -0.480 e. The minimum absolute atomic E-state index is 0. The Hall–Kier alpha value is -2.32. The largest absolute Gasteiger partial charge is 0.480 e. The molecule has 1 unspecified atom stereocenters. The van der Waals surface area contributed by atoms with Gasteiger partial charge in [0.15, 0.2) is 0 Å². The molecule has 1 amide bonds. The van der Waals surface area contributed by atoms with Gasteiger partial charge in [0.05, 0.1) is 0 Å². The van der Waals surface area contributed by atoms with E-state index in [2.05, 4.69) is 5.32 Å². The summed E-state index contributed by atoms with van der Waals surface area (Å²) in [4.78, 5) is 36.8. The zero-order valence-corrected chi connectivity index (χ0v) is 20.4. The first-order valence-electron chi connectivity index (χ1n) is 11.5. The van der Waals surface area contributed by atoms with Crippen LogP contribution in [0.25, 0.3) is 0 Å². The number of carbonyl (C=O) groups is 3. The molecule has 0 spiro atoms. The maximum Gasteiger partial charge on any atom is 0.410 e. The van der Waals surface area contributed by atoms with Crippen LogP contribution in [0.1, 0.15) is 57.9 Å². The van der Waals surface area contributed by atoms with Crippen molar-refractivity contribution in [3.63, 3.8) is 0 Å². The third-order valence-corrected chi connectivity index (χ3v) is 5.86. The Kier molecular flexibility index (Phi) is 13.5. The van der Waals surface area contributed by atoms with E-state index in [0.717, 1.165) is 37.7 Å². The van der Waals surface area contributed by atoms with E-state index in [1.807, 2.05) is 37.3 Å². The molecule has 0 radical (unpaired) electrons. The number of nitrogens with zero attached hydrogens (tertiary/aromatic N) is 1. The summed E-state index contributed by atoms with van der Waals surface area (Å²) in [6, 6.07) is 9.04. The predicted molar refractivity (Wildman–Crippen MR) is 127 cm³/mol. The molecule has 9 heteroatoms. The molecule has 2 rings (SSSR count). The van der Waals surface area contributed by atoms with E-state index in [1.54, 1.807) is 11.8 Å². The maximum atomic E-state index is 12.3. The van der Waals surface area contributed by atoms with Crippen molar-refractivity contribution in [2.75, 3.05) is 19.6 Å². The fraction of sp³-hybridized carbons (Fsp3) is 0.625. The molecule has 33 heavy (non-hydrogen) atoms. The summed E-state index contributed by atoms with van der Waals surface area (Å²) in [5, 5.41) is 11.7. The zero-order chi connectivity index (χ0) is 23.3. The number of carbonyl (C=O) groups excluding carboxylic acids is 2. The number of rotatable bonds is 12. The summed E-state index contributed by atoms with van der Waals surface area (Å²) in [5.41, 5.74) is 0.961. The van der Waals surface area contributed by atoms with Crippen molar-refractivity contribution in [1.82, 2.24) is 10.2 Å². The Labute approximate surface area is 202 Å². The average Bonchev–Trinajstić information content (AvgIpc) is 2.80. The Morgan fingerprint density at radius 3 is 2.39 bits per heavy atom. The minimum atomic E-state index is -0.863. The van der Waals surface area contributed by atoms with Crippen molar-refractivity contribution < 1.29 is 29.0 Å². The topological polar surface area (TPSA) is 105 Å². The fourth-order valence-corrected chi connectivity index (χ4v) is 3.70. The van der Waals surface area contributed by atoms with Gasteiger partial charge in [0.2, 0.25) is 0 Å². The van der Waals surface area contributed by atoms with Gasteiger partial charge >= 0.3 is 18.0 Å². The molecule has 1 heterocycles. The van der Waals surface area contributed by atoms with Gasteiger partial charge in [0.1, 0.15) is 18.8 Å². The molecular formula is C24H37ClN2O6. The van der Waals surface area contributed by atoms with Gasteiger partial charge in [-0.05, 0) is 57.6 Å². The number of halogens is 1. The fourth-order valence-electron chi connectivity index (χ4n) is 3.70. The molecule has 0 saturated carbocycles. The first-order valence-corrected chi connectivity index (χ1v) is 11.5. The number of nitrogens with one attached hydrogen (secondary N) is 1. The number of piperidine rings is 1. The maximum absolute atomic E-state index is 12.3. The van der Waals surface area contributed by atoms with Crippen molar-refractivity contribution in [1.29, 1.82) is 0 Å². The van der Waals surface area contributed by atoms with Gasteiger partial charge in [0, 0.05) is 19.5 Å². The Bertz CT molecular complexity index is 725. The highest BCUT2D eigenvalue weighted by Gasteiger charge is 2.28. The number of unbranched alkanes of at least 4 members (excludes halogenated alkanes) is 2. The normalized spacial score (nSPS) is 15.8. The second kappa shape index (κ2) is 15.5. The van der Waals surface area contributed by atoms with Crippen LogP contribution in [0.4, 0.5) is 4.79 Å². The van der Waals surface area contributed by atoms with Crippen LogP contribution in [0.3, 0.4) is 0 Å². The molecule has 0 aliphatic carbocycles. The number of benzene rings is 1. The summed E-state index contributed by atoms with van der Waals surface area (Å²) in [6.07, 6.45) is 3.83. The number of hydrogen-bond donors (Lipinski definition) is 2. The number of carboxylic acid groups (broad SMARTS) is 1. The van der Waals surface area contributed by atoms with E-state index in [0.29, 0.717) is 26.1 Å². The van der Waals surface area contributed by atoms with Crippen LogP contribution in [-0.4, -0.2) is 59.8 Å². The van der Waals surface area contributed by atoms with Gasteiger partial charge in [-0.25, -0.2) is 4.79 Å². The monoisotopic (exact) mass is 484 g/mol. The number of esters is 1. The smallest absolute Gasteiger partial charge is 0.410 e. The molecule has 2 atom stereocenters. The zero-order valence-electron chi connectivity index (χ0n) is 19.5. The third-order valence-electron chi connectivity index (χ3n) is 5.86. The van der Waals surface area contributed by atoms with Crippen molar-refractivity contribution >= 4 is 30.4 Å². The first kappa shape index (κ1) is 28.7. The van der Waals surface area contributed by atoms with Crippen LogP contribution in [0.5, 0.6) is 0 Å². The molecule has 0 aromatic heterocycles. The van der Waals surface area contributed by atoms with E-state index in [-0.39, 0.29) is 43.1 Å². The highest BCUT2D eigenvalue weighted by Crippen LogP contribution is 2.23. The van der Waals surface area contributed by atoms with Crippen LogP contribution in [-0.2, 0) is 25.7 Å². The van der Waals surface area contributed by atoms with Crippen molar-refractivity contribution in [3.8, 4) is 0 Å². The summed E-state index contributed by atoms with van der Waals surface area (Å²) in [5.74, 6) is -0.828. The summed E-state index contributed by atoms with van der Waals surface area (Å²) < 4.78 is 11.0. The standard InChI is InChI=1S/C24H36N2O6.ClH/c1-18(23(28)29)25-14-8-4-7-11-22(27)32-19(2)21-12-15-26(16-13-21)24(30)31-17-20-9-5-3-6-10-20;/h3,5-6,9-10,18-19,21,25H,4,7-8,11-17H2,1-2H3,(H,28,29);1H/t18-,19?;/m0./s1. The molecule has 1 aliphatic heterocycles. The van der Waals surface area contributed by atoms with Crippen LogP contribution in [0.2, 0.25) is 0 Å². The van der Waals surface area contributed by atoms with Crippen LogP contribution in [0, 0.1) is 5.92 Å². The highest BCUT2D eigenvalue weighted by molar-refractivity contribution is 5.85. The Morgan fingerprint density at radius 2 is 1.76 bits per heavy atom. The lowest BCUT2D eigenvalue weighted by atomic mass is 9.92. The van der Waals surface area contributed by atoms with Crippen LogP contribution in [0.15, 0.2) is 30.3 Å². The quantitative estimate of drug-likeness (QED) is 0.341. The van der Waals surface area contributed by atoms with Gasteiger partial charge in [-0.2, -0.15) is 0 Å². The Balaban J connectivity index is 0.00000544. The number of carboxylic acids is 1. The number of aliphatic carboxylic acids is 1. The molecule has 1 aliphatic rings. The van der Waals surface area contributed by atoms with E-state index in [4.69, 9.17) is 14.6 Å². The van der Waals surface area contributed by atoms with Gasteiger partial charge in [-0.15, -0.1) is 12.4 Å². The lowest BCUT2D eigenvalue weighted by Gasteiger charge is -2.34. The number of ether oxygens (including phenoxy) is 2. The summed E-state index contributed by atoms with van der Waals surface area (Å²) >= 11 is 0. The third kappa shape index (κ3) is 10.9. The lowest BCUT2D eigenvalue weighted by molar-refractivity contribution is -0.151.